The zero-order chi connectivity index (χ0) is 16.9. The van der Waals surface area contributed by atoms with Gasteiger partial charge in [-0.05, 0) is 36.8 Å². The smallest absolute Gasteiger partial charge is 0.191 e. The van der Waals surface area contributed by atoms with E-state index in [-0.39, 0.29) is 6.61 Å². The van der Waals surface area contributed by atoms with Crippen molar-refractivity contribution >= 4 is 5.96 Å². The maximum Gasteiger partial charge on any atom is 0.191 e. The van der Waals surface area contributed by atoms with Crippen LogP contribution in [0.2, 0.25) is 0 Å². The Morgan fingerprint density at radius 1 is 1.43 bits per heavy atom. The van der Waals surface area contributed by atoms with Crippen LogP contribution in [0.15, 0.2) is 40.5 Å². The van der Waals surface area contributed by atoms with Crippen molar-refractivity contribution in [2.75, 3.05) is 26.2 Å². The van der Waals surface area contributed by atoms with E-state index in [9.17, 15) is 5.11 Å². The highest BCUT2D eigenvalue weighted by molar-refractivity contribution is 5.79. The van der Waals surface area contributed by atoms with Gasteiger partial charge < -0.3 is 20.2 Å². The summed E-state index contributed by atoms with van der Waals surface area (Å²) < 4.78 is 5.33. The van der Waals surface area contributed by atoms with Crippen molar-refractivity contribution in [1.29, 1.82) is 0 Å². The molecule has 0 saturated carbocycles. The molecule has 0 aliphatic heterocycles. The zero-order valence-electron chi connectivity index (χ0n) is 14.4. The Bertz CT molecular complexity index is 441. The van der Waals surface area contributed by atoms with Gasteiger partial charge in [0.1, 0.15) is 5.76 Å². The molecule has 0 aliphatic rings. The lowest BCUT2D eigenvalue weighted by Crippen LogP contribution is -2.39. The number of aliphatic hydroxyl groups excluding tert-OH is 1. The van der Waals surface area contributed by atoms with Gasteiger partial charge >= 0.3 is 0 Å². The van der Waals surface area contributed by atoms with Gasteiger partial charge in [-0.25, -0.2) is 0 Å². The van der Waals surface area contributed by atoms with Gasteiger partial charge in [-0.2, -0.15) is 0 Å². The Morgan fingerprint density at radius 2 is 2.26 bits per heavy atom. The van der Waals surface area contributed by atoms with E-state index in [1.165, 1.54) is 0 Å². The van der Waals surface area contributed by atoms with Crippen LogP contribution in [0.1, 0.15) is 32.4 Å². The van der Waals surface area contributed by atoms with E-state index in [0.29, 0.717) is 24.9 Å². The molecule has 1 unspecified atom stereocenters. The van der Waals surface area contributed by atoms with E-state index < -0.39 is 0 Å². The van der Waals surface area contributed by atoms with E-state index in [0.717, 1.165) is 37.5 Å². The van der Waals surface area contributed by atoms with Gasteiger partial charge in [0.05, 0.1) is 6.26 Å². The molecule has 0 bridgehead atoms. The molecule has 0 amide bonds. The standard InChI is InChI=1S/C18H31N3O2/c1-4-9-19-18(20-10-7-17-6-5-12-23-17)21-14-16(8-11-22)13-15(2)3/h4-6,12,15-16,22H,1,7-11,13-14H2,2-3H3,(H2,19,20,21). The van der Waals surface area contributed by atoms with Gasteiger partial charge in [-0.15, -0.1) is 6.58 Å². The third-order valence-corrected chi connectivity index (χ3v) is 3.51. The van der Waals surface area contributed by atoms with Gasteiger partial charge in [-0.3, -0.25) is 4.99 Å². The van der Waals surface area contributed by atoms with Crippen molar-refractivity contribution in [3.05, 3.63) is 36.8 Å². The molecule has 0 aliphatic carbocycles. The van der Waals surface area contributed by atoms with E-state index >= 15 is 0 Å². The number of guanidine groups is 1. The van der Waals surface area contributed by atoms with E-state index in [4.69, 9.17) is 4.42 Å². The van der Waals surface area contributed by atoms with Crippen molar-refractivity contribution in [3.63, 3.8) is 0 Å². The topological polar surface area (TPSA) is 69.8 Å². The Kier molecular flexibility index (Phi) is 9.87. The van der Waals surface area contributed by atoms with Crippen molar-refractivity contribution in [2.24, 2.45) is 16.8 Å². The SMILES string of the molecule is C=CCNC(=NCC(CCO)CC(C)C)NCCc1ccco1. The minimum absolute atomic E-state index is 0.217. The summed E-state index contributed by atoms with van der Waals surface area (Å²) in [5.41, 5.74) is 0. The predicted octanol–water partition coefficient (Wildman–Crippen LogP) is 2.59. The number of nitrogens with one attached hydrogen (secondary N) is 2. The minimum Gasteiger partial charge on any atom is -0.469 e. The van der Waals surface area contributed by atoms with Crippen LogP contribution < -0.4 is 10.6 Å². The Labute approximate surface area is 139 Å². The van der Waals surface area contributed by atoms with Crippen LogP contribution in [-0.2, 0) is 6.42 Å². The molecule has 0 spiro atoms. The van der Waals surface area contributed by atoms with Crippen molar-refractivity contribution in [2.45, 2.75) is 33.1 Å². The number of nitrogens with zero attached hydrogens (tertiary/aromatic N) is 1. The molecule has 0 aromatic carbocycles. The van der Waals surface area contributed by atoms with Gasteiger partial charge in [0.2, 0.25) is 0 Å². The second-order valence-electron chi connectivity index (χ2n) is 6.12. The first-order valence-corrected chi connectivity index (χ1v) is 8.42. The third-order valence-electron chi connectivity index (χ3n) is 3.51. The van der Waals surface area contributed by atoms with E-state index in [1.807, 2.05) is 18.2 Å². The number of hydrogen-bond donors (Lipinski definition) is 3. The van der Waals surface area contributed by atoms with Crippen LogP contribution in [0.3, 0.4) is 0 Å². The van der Waals surface area contributed by atoms with Gasteiger partial charge in [0, 0.05) is 32.7 Å². The summed E-state index contributed by atoms with van der Waals surface area (Å²) in [6.45, 7) is 10.5. The minimum atomic E-state index is 0.217. The van der Waals surface area contributed by atoms with Crippen LogP contribution in [0.25, 0.3) is 0 Å². The maximum atomic E-state index is 9.20. The molecule has 3 N–H and O–H groups in total. The second-order valence-corrected chi connectivity index (χ2v) is 6.12. The Balaban J connectivity index is 2.49. The molecule has 0 radical (unpaired) electrons. The molecule has 5 nitrogen and oxygen atoms in total. The average Bonchev–Trinajstić information content (AvgIpc) is 3.02. The lowest BCUT2D eigenvalue weighted by Gasteiger charge is -2.17. The summed E-state index contributed by atoms with van der Waals surface area (Å²) in [5, 5.41) is 15.7. The van der Waals surface area contributed by atoms with Crippen LogP contribution in [0.5, 0.6) is 0 Å². The Hall–Kier alpha value is -1.75. The van der Waals surface area contributed by atoms with Gasteiger partial charge in [-0.1, -0.05) is 19.9 Å². The van der Waals surface area contributed by atoms with Crippen molar-refractivity contribution < 1.29 is 9.52 Å². The highest BCUT2D eigenvalue weighted by atomic mass is 16.3. The normalized spacial score (nSPS) is 13.1. The molecule has 23 heavy (non-hydrogen) atoms. The highest BCUT2D eigenvalue weighted by Gasteiger charge is 2.10. The fourth-order valence-corrected chi connectivity index (χ4v) is 2.46. The first-order chi connectivity index (χ1) is 11.2. The fourth-order valence-electron chi connectivity index (χ4n) is 2.46. The molecular weight excluding hydrogens is 290 g/mol. The number of hydrogen-bond acceptors (Lipinski definition) is 3. The van der Waals surface area contributed by atoms with Crippen molar-refractivity contribution in [3.8, 4) is 0 Å². The summed E-state index contributed by atoms with van der Waals surface area (Å²) in [7, 11) is 0. The number of rotatable bonds is 11. The fraction of sp³-hybridized carbons (Fsp3) is 0.611. The van der Waals surface area contributed by atoms with Gasteiger partial charge in [0.25, 0.3) is 0 Å². The average molecular weight is 321 g/mol. The van der Waals surface area contributed by atoms with Gasteiger partial charge in [0.15, 0.2) is 5.96 Å². The summed E-state index contributed by atoms with van der Waals surface area (Å²) in [6.07, 6.45) is 6.18. The van der Waals surface area contributed by atoms with Crippen LogP contribution in [0, 0.1) is 11.8 Å². The first-order valence-electron chi connectivity index (χ1n) is 8.42. The first kappa shape index (κ1) is 19.3. The molecular formula is C18H31N3O2. The second kappa shape index (κ2) is 11.8. The monoisotopic (exact) mass is 321 g/mol. The molecule has 1 aromatic rings. The summed E-state index contributed by atoms with van der Waals surface area (Å²) in [5.74, 6) is 2.76. The van der Waals surface area contributed by atoms with Crippen LogP contribution >= 0.6 is 0 Å². The molecule has 1 rings (SSSR count). The summed E-state index contributed by atoms with van der Waals surface area (Å²) in [6, 6.07) is 3.86. The molecule has 1 aromatic heterocycles. The number of aliphatic imine (C=N–C) groups is 1. The molecule has 0 fully saturated rings. The lowest BCUT2D eigenvalue weighted by atomic mass is 9.94. The maximum absolute atomic E-state index is 9.20. The predicted molar refractivity (Wildman–Crippen MR) is 95.6 cm³/mol. The number of aliphatic hydroxyl groups is 1. The largest absolute Gasteiger partial charge is 0.469 e. The van der Waals surface area contributed by atoms with E-state index in [2.05, 4.69) is 36.1 Å². The molecule has 1 atom stereocenters. The Morgan fingerprint density at radius 3 is 2.87 bits per heavy atom. The quantitative estimate of drug-likeness (QED) is 0.333. The van der Waals surface area contributed by atoms with E-state index in [1.54, 1.807) is 6.26 Å². The molecule has 5 heteroatoms. The molecule has 130 valence electrons. The van der Waals surface area contributed by atoms with Crippen molar-refractivity contribution in [1.82, 2.24) is 10.6 Å². The third kappa shape index (κ3) is 9.08. The lowest BCUT2D eigenvalue weighted by molar-refractivity contribution is 0.245. The summed E-state index contributed by atoms with van der Waals surface area (Å²) in [4.78, 5) is 4.66. The molecule has 0 saturated heterocycles. The molecule has 1 heterocycles. The summed E-state index contributed by atoms with van der Waals surface area (Å²) >= 11 is 0. The van der Waals surface area contributed by atoms with Crippen LogP contribution in [0.4, 0.5) is 0 Å². The number of furan rings is 1. The highest BCUT2D eigenvalue weighted by Crippen LogP contribution is 2.15. The van der Waals surface area contributed by atoms with Crippen LogP contribution in [-0.4, -0.2) is 37.3 Å². The zero-order valence-corrected chi connectivity index (χ0v) is 14.4.